The minimum atomic E-state index is -1.02. The van der Waals surface area contributed by atoms with Gasteiger partial charge in [0.15, 0.2) is 11.5 Å². The molecule has 2 aromatic heterocycles. The van der Waals surface area contributed by atoms with Gasteiger partial charge in [-0.15, -0.1) is 10.2 Å². The second kappa shape index (κ2) is 21.6. The number of ether oxygens (including phenoxy) is 2. The lowest BCUT2D eigenvalue weighted by Gasteiger charge is -2.28. The first kappa shape index (κ1) is 51.7. The van der Waals surface area contributed by atoms with Gasteiger partial charge in [-0.1, -0.05) is 124 Å². The average Bonchev–Trinajstić information content (AvgIpc) is 3.82. The number of azo groups is 1. The first-order chi connectivity index (χ1) is 34.3. The number of nitrogens with one attached hydrogen (secondary N) is 4. The molecule has 4 N–H and O–H groups in total. The van der Waals surface area contributed by atoms with Crippen LogP contribution < -0.4 is 30.7 Å². The largest absolute Gasteiger partial charge is 0.455 e. The fraction of sp³-hybridized carbons (Fsp3) is 0.370. The van der Waals surface area contributed by atoms with Gasteiger partial charge < -0.3 is 39.9 Å². The second-order valence-electron chi connectivity index (χ2n) is 19.7. The number of hydrogen-bond acceptors (Lipinski definition) is 10. The summed E-state index contributed by atoms with van der Waals surface area (Å²) in [5.74, 6) is -0.688. The van der Waals surface area contributed by atoms with E-state index in [0.717, 1.165) is 20.1 Å². The molecule has 376 valence electrons. The standard InChI is InChI=1S/C54H60Br2N10O6/c1-27(2)43-49-57-47-31(9)65(49)25-33-15-11-13-17-39(33)71-41-23-35(55)19-21-37(41)63-64-38-22-20-36(56)24-42(38)72-40-18-14-12-16-34(40)26-66-32(10)48(54(70)61-45(29(5)6)51(67)59-43)58-50(66)44(28(3)4)60-52(68)46(30(7)8)62-53(47)69/h11-24,27-30,43-46H,25-26H2,1-10H3,(H,59,67)(H,60,68)(H,61,70)(H,62,69)/t43-,44-,45-,46?/m0/s1. The SMILES string of the molecule is Cc1c2nc3n1Cc1ccccc1Oc1cc(Br)ccc1N=Nc1ccc(Br)cc1Oc1ccccc1Cn1c(nc(c1C)C(=O)NC(C(C)C)C(=O)N[C@H]3C(C)C)[C@H](C(C)C)NC(=O)[C@H](C(C)C)NC2=O. The Kier molecular flexibility index (Phi) is 15.5. The minimum Gasteiger partial charge on any atom is -0.455 e. The molecule has 0 saturated carbocycles. The number of hydrogen-bond donors (Lipinski definition) is 4. The monoisotopic (exact) mass is 1100 g/mol. The number of halogens is 2. The Morgan fingerprint density at radius 1 is 0.500 bits per heavy atom. The van der Waals surface area contributed by atoms with Crippen molar-refractivity contribution in [3.05, 3.63) is 139 Å². The predicted octanol–water partition coefficient (Wildman–Crippen LogP) is 11.5. The quantitative estimate of drug-likeness (QED) is 0.134. The van der Waals surface area contributed by atoms with Gasteiger partial charge in [-0.3, -0.25) is 19.2 Å². The van der Waals surface area contributed by atoms with Crippen LogP contribution in [0.25, 0.3) is 0 Å². The maximum atomic E-state index is 14.8. The Hall–Kier alpha value is -6.66. The molecule has 72 heavy (non-hydrogen) atoms. The lowest BCUT2D eigenvalue weighted by atomic mass is 9.99. The zero-order valence-electron chi connectivity index (χ0n) is 42.0. The number of aromatic nitrogens is 4. The zero-order valence-corrected chi connectivity index (χ0v) is 45.2. The number of imidazole rings is 2. The first-order valence-corrected chi connectivity index (χ1v) is 25.8. The van der Waals surface area contributed by atoms with Crippen LogP contribution >= 0.6 is 31.9 Å². The van der Waals surface area contributed by atoms with Gasteiger partial charge in [-0.05, 0) is 86.1 Å². The summed E-state index contributed by atoms with van der Waals surface area (Å²) in [6.45, 7) is 19.2. The molecule has 4 atom stereocenters. The highest BCUT2D eigenvalue weighted by molar-refractivity contribution is 9.10. The van der Waals surface area contributed by atoms with Crippen LogP contribution in [0.2, 0.25) is 0 Å². The van der Waals surface area contributed by atoms with Crippen LogP contribution in [0, 0.1) is 37.5 Å². The van der Waals surface area contributed by atoms with Crippen LogP contribution in [0.1, 0.15) is 123 Å². The maximum Gasteiger partial charge on any atom is 0.272 e. The van der Waals surface area contributed by atoms with Crippen LogP contribution in [0.3, 0.4) is 0 Å². The lowest BCUT2D eigenvalue weighted by molar-refractivity contribution is -0.125. The Morgan fingerprint density at radius 3 is 1.22 bits per heavy atom. The second-order valence-corrected chi connectivity index (χ2v) is 21.5. The molecule has 0 spiro atoms. The van der Waals surface area contributed by atoms with Crippen molar-refractivity contribution in [3.63, 3.8) is 0 Å². The van der Waals surface area contributed by atoms with Crippen molar-refractivity contribution in [2.24, 2.45) is 33.9 Å². The number of amides is 4. The van der Waals surface area contributed by atoms with E-state index in [-0.39, 0.29) is 48.1 Å². The van der Waals surface area contributed by atoms with E-state index in [9.17, 15) is 19.2 Å². The molecular formula is C54H60Br2N10O6. The van der Waals surface area contributed by atoms with E-state index in [1.54, 1.807) is 26.0 Å². The molecular weight excluding hydrogens is 1040 g/mol. The topological polar surface area (TPSA) is 195 Å². The van der Waals surface area contributed by atoms with Crippen LogP contribution in [-0.4, -0.2) is 54.8 Å². The van der Waals surface area contributed by atoms with Crippen molar-refractivity contribution >= 4 is 66.9 Å². The van der Waals surface area contributed by atoms with Gasteiger partial charge in [0.25, 0.3) is 11.8 Å². The summed E-state index contributed by atoms with van der Waals surface area (Å²) in [6.07, 6.45) is 0. The van der Waals surface area contributed by atoms with Crippen molar-refractivity contribution in [1.82, 2.24) is 40.4 Å². The number of rotatable bonds is 4. The predicted molar refractivity (Wildman–Crippen MR) is 281 cm³/mol. The normalized spacial score (nSPS) is 18.8. The van der Waals surface area contributed by atoms with E-state index in [1.165, 1.54) is 0 Å². The molecule has 0 aliphatic carbocycles. The Balaban J connectivity index is 1.41. The van der Waals surface area contributed by atoms with Crippen molar-refractivity contribution in [3.8, 4) is 23.0 Å². The van der Waals surface area contributed by atoms with Gasteiger partial charge >= 0.3 is 0 Å². The maximum absolute atomic E-state index is 14.8. The molecule has 0 fully saturated rings. The van der Waals surface area contributed by atoms with Gasteiger partial charge in [0.1, 0.15) is 58.0 Å². The Labute approximate surface area is 436 Å². The summed E-state index contributed by atoms with van der Waals surface area (Å²) in [5, 5.41) is 22.0. The van der Waals surface area contributed by atoms with E-state index in [1.807, 2.05) is 137 Å². The number of carbonyl (C=O) groups excluding carboxylic acids is 4. The third-order valence-corrected chi connectivity index (χ3v) is 14.0. The smallest absolute Gasteiger partial charge is 0.272 e. The highest BCUT2D eigenvalue weighted by atomic mass is 79.9. The summed E-state index contributed by atoms with van der Waals surface area (Å²) < 4.78 is 18.8. The summed E-state index contributed by atoms with van der Waals surface area (Å²) in [7, 11) is 0. The number of fused-ring (bicyclic) bond motifs is 10. The molecule has 6 aromatic rings. The van der Waals surface area contributed by atoms with E-state index < -0.39 is 47.8 Å². The summed E-state index contributed by atoms with van der Waals surface area (Å²) in [6, 6.07) is 22.4. The third kappa shape index (κ3) is 10.9. The van der Waals surface area contributed by atoms with E-state index >= 15 is 0 Å². The fourth-order valence-corrected chi connectivity index (χ4v) is 9.59. The van der Waals surface area contributed by atoms with E-state index in [0.29, 0.717) is 57.4 Å². The molecule has 3 aliphatic rings. The number of carbonyl (C=O) groups is 4. The molecule has 9 rings (SSSR count). The first-order valence-electron chi connectivity index (χ1n) is 24.2. The molecule has 1 unspecified atom stereocenters. The van der Waals surface area contributed by atoms with Crippen molar-refractivity contribution < 1.29 is 28.7 Å². The van der Waals surface area contributed by atoms with E-state index in [2.05, 4.69) is 53.1 Å². The molecule has 0 radical (unpaired) electrons. The molecule has 5 heterocycles. The van der Waals surface area contributed by atoms with Gasteiger partial charge in [-0.2, -0.15) is 0 Å². The Morgan fingerprint density at radius 2 is 0.861 bits per heavy atom. The number of para-hydroxylation sites is 2. The van der Waals surface area contributed by atoms with Crippen molar-refractivity contribution in [1.29, 1.82) is 0 Å². The zero-order chi connectivity index (χ0) is 51.7. The lowest BCUT2D eigenvalue weighted by Crippen LogP contribution is -2.52. The summed E-state index contributed by atoms with van der Waals surface area (Å²) in [5.41, 5.74) is 3.46. The minimum absolute atomic E-state index is 0.0844. The van der Waals surface area contributed by atoms with Crippen LogP contribution in [-0.2, 0) is 22.7 Å². The Bertz CT molecular complexity index is 2880. The van der Waals surface area contributed by atoms with Gasteiger partial charge in [-0.25, -0.2) is 9.97 Å². The van der Waals surface area contributed by atoms with Gasteiger partial charge in [0, 0.05) is 31.5 Å². The molecule has 16 nitrogen and oxygen atoms in total. The van der Waals surface area contributed by atoms with Gasteiger partial charge in [0.05, 0.1) is 25.2 Å². The molecule has 18 heteroatoms. The highest BCUT2D eigenvalue weighted by Gasteiger charge is 2.37. The molecule has 0 saturated heterocycles. The third-order valence-electron chi connectivity index (χ3n) is 13.0. The highest BCUT2D eigenvalue weighted by Crippen LogP contribution is 2.41. The van der Waals surface area contributed by atoms with Crippen molar-refractivity contribution in [2.45, 2.75) is 106 Å². The molecule has 3 aliphatic heterocycles. The number of nitrogens with zero attached hydrogens (tertiary/aromatic N) is 6. The van der Waals surface area contributed by atoms with Crippen LogP contribution in [0.15, 0.2) is 104 Å². The summed E-state index contributed by atoms with van der Waals surface area (Å²) >= 11 is 7.24. The van der Waals surface area contributed by atoms with E-state index in [4.69, 9.17) is 29.7 Å². The summed E-state index contributed by atoms with van der Waals surface area (Å²) in [4.78, 5) is 69.2. The van der Waals surface area contributed by atoms with Gasteiger partial charge in [0.2, 0.25) is 11.8 Å². The molecule has 4 aromatic carbocycles. The molecule has 6 bridgehead atoms. The van der Waals surface area contributed by atoms with Crippen LogP contribution in [0.5, 0.6) is 23.0 Å². The van der Waals surface area contributed by atoms with Crippen molar-refractivity contribution in [2.75, 3.05) is 0 Å². The number of benzene rings is 4. The molecule has 4 amide bonds. The van der Waals surface area contributed by atoms with Crippen LogP contribution in [0.4, 0.5) is 11.4 Å². The average molecular weight is 1100 g/mol. The fourth-order valence-electron chi connectivity index (χ4n) is 8.91.